The Morgan fingerprint density at radius 1 is 1.47 bits per heavy atom. The summed E-state index contributed by atoms with van der Waals surface area (Å²) in [5.74, 6) is -0.347. The second-order valence-corrected chi connectivity index (χ2v) is 3.66. The van der Waals surface area contributed by atoms with Gasteiger partial charge in [0.05, 0.1) is 19.2 Å². The first kappa shape index (κ1) is 13.2. The van der Waals surface area contributed by atoms with Gasteiger partial charge < -0.3 is 4.74 Å². The summed E-state index contributed by atoms with van der Waals surface area (Å²) in [4.78, 5) is 11.2. The van der Waals surface area contributed by atoms with Crippen molar-refractivity contribution in [1.29, 1.82) is 5.26 Å². The first-order valence-corrected chi connectivity index (χ1v) is 5.52. The van der Waals surface area contributed by atoms with Crippen LogP contribution in [0.3, 0.4) is 0 Å². The lowest BCUT2D eigenvalue weighted by molar-refractivity contribution is -0.142. The second-order valence-electron chi connectivity index (χ2n) is 3.66. The molecule has 0 aliphatic carbocycles. The number of ether oxygens (including phenoxy) is 1. The Hall–Kier alpha value is -1.86. The molecule has 1 aromatic carbocycles. The Morgan fingerprint density at radius 3 is 2.65 bits per heavy atom. The highest BCUT2D eigenvalue weighted by Crippen LogP contribution is 2.12. The van der Waals surface area contributed by atoms with Crippen LogP contribution in [0.5, 0.6) is 0 Å². The lowest BCUT2D eigenvalue weighted by Crippen LogP contribution is -2.28. The van der Waals surface area contributed by atoms with E-state index in [0.29, 0.717) is 6.61 Å². The van der Waals surface area contributed by atoms with Crippen LogP contribution in [-0.4, -0.2) is 19.1 Å². The van der Waals surface area contributed by atoms with Crippen molar-refractivity contribution in [2.45, 2.75) is 19.9 Å². The Kier molecular flexibility index (Phi) is 5.18. The van der Waals surface area contributed by atoms with E-state index in [-0.39, 0.29) is 12.5 Å². The fourth-order valence-corrected chi connectivity index (χ4v) is 1.39. The van der Waals surface area contributed by atoms with Crippen molar-refractivity contribution in [2.75, 3.05) is 13.2 Å². The molecule has 0 bridgehead atoms. The smallest absolute Gasteiger partial charge is 0.319 e. The molecule has 1 rings (SSSR count). The lowest BCUT2D eigenvalue weighted by Gasteiger charge is -2.11. The van der Waals surface area contributed by atoms with Gasteiger partial charge in [0.2, 0.25) is 0 Å². The van der Waals surface area contributed by atoms with Crippen molar-refractivity contribution in [3.63, 3.8) is 0 Å². The molecule has 0 fully saturated rings. The minimum absolute atomic E-state index is 0.0416. The molecule has 90 valence electrons. The molecule has 0 radical (unpaired) electrons. The van der Waals surface area contributed by atoms with E-state index in [1.807, 2.05) is 31.2 Å². The van der Waals surface area contributed by atoms with Gasteiger partial charge in [-0.1, -0.05) is 29.8 Å². The SMILES string of the molecule is CCOC(=O)CN[C@H](C#N)c1ccc(C)cc1. The normalized spacial score (nSPS) is 11.6. The zero-order valence-corrected chi connectivity index (χ0v) is 10.1. The van der Waals surface area contributed by atoms with E-state index in [4.69, 9.17) is 10.00 Å². The fourth-order valence-electron chi connectivity index (χ4n) is 1.39. The Bertz CT molecular complexity index is 406. The number of carbonyl (C=O) groups is 1. The van der Waals surface area contributed by atoms with E-state index in [0.717, 1.165) is 11.1 Å². The predicted molar refractivity (Wildman–Crippen MR) is 64.2 cm³/mol. The molecule has 0 heterocycles. The van der Waals surface area contributed by atoms with Gasteiger partial charge in [-0.3, -0.25) is 10.1 Å². The van der Waals surface area contributed by atoms with Crippen LogP contribution >= 0.6 is 0 Å². The maximum absolute atomic E-state index is 11.2. The molecule has 0 aliphatic heterocycles. The van der Waals surface area contributed by atoms with E-state index in [1.165, 1.54) is 0 Å². The van der Waals surface area contributed by atoms with Gasteiger partial charge in [0.25, 0.3) is 0 Å². The number of benzene rings is 1. The van der Waals surface area contributed by atoms with Crippen molar-refractivity contribution >= 4 is 5.97 Å². The standard InChI is InChI=1S/C13H16N2O2/c1-3-17-13(16)9-15-12(8-14)11-6-4-10(2)5-7-11/h4-7,12,15H,3,9H2,1-2H3/t12-/m1/s1. The maximum Gasteiger partial charge on any atom is 0.319 e. The first-order chi connectivity index (χ1) is 8.17. The van der Waals surface area contributed by atoms with Gasteiger partial charge in [0.15, 0.2) is 0 Å². The van der Waals surface area contributed by atoms with Crippen LogP contribution < -0.4 is 5.32 Å². The molecule has 4 nitrogen and oxygen atoms in total. The molecule has 0 amide bonds. The molecular formula is C13H16N2O2. The van der Waals surface area contributed by atoms with Crippen LogP contribution in [-0.2, 0) is 9.53 Å². The summed E-state index contributed by atoms with van der Waals surface area (Å²) in [5.41, 5.74) is 1.98. The molecule has 17 heavy (non-hydrogen) atoms. The zero-order chi connectivity index (χ0) is 12.7. The second kappa shape index (κ2) is 6.66. The number of aryl methyl sites for hydroxylation is 1. The summed E-state index contributed by atoms with van der Waals surface area (Å²) in [5, 5.41) is 11.9. The summed E-state index contributed by atoms with van der Waals surface area (Å²) in [6.45, 7) is 4.12. The summed E-state index contributed by atoms with van der Waals surface area (Å²) in [6.07, 6.45) is 0. The Labute approximate surface area is 101 Å². The van der Waals surface area contributed by atoms with E-state index in [1.54, 1.807) is 6.92 Å². The third-order valence-corrected chi connectivity index (χ3v) is 2.30. The van der Waals surface area contributed by atoms with Crippen molar-refractivity contribution in [2.24, 2.45) is 0 Å². The van der Waals surface area contributed by atoms with E-state index < -0.39 is 6.04 Å². The van der Waals surface area contributed by atoms with Crippen molar-refractivity contribution < 1.29 is 9.53 Å². The van der Waals surface area contributed by atoms with Crippen LogP contribution in [0.1, 0.15) is 24.1 Å². The highest BCUT2D eigenvalue weighted by molar-refractivity contribution is 5.71. The average molecular weight is 232 g/mol. The van der Waals surface area contributed by atoms with Crippen molar-refractivity contribution in [3.8, 4) is 6.07 Å². The molecule has 0 saturated heterocycles. The molecule has 1 aromatic rings. The van der Waals surface area contributed by atoms with Crippen molar-refractivity contribution in [1.82, 2.24) is 5.32 Å². The number of hydrogen-bond donors (Lipinski definition) is 1. The summed E-state index contributed by atoms with van der Waals surface area (Å²) in [7, 11) is 0. The molecule has 1 atom stereocenters. The molecule has 0 unspecified atom stereocenters. The van der Waals surface area contributed by atoms with Crippen molar-refractivity contribution in [3.05, 3.63) is 35.4 Å². The number of nitrogens with one attached hydrogen (secondary N) is 1. The number of nitrogens with zero attached hydrogens (tertiary/aromatic N) is 1. The molecular weight excluding hydrogens is 216 g/mol. The van der Waals surface area contributed by atoms with Crippen LogP contribution in [0, 0.1) is 18.3 Å². The summed E-state index contributed by atoms with van der Waals surface area (Å²) in [6, 6.07) is 9.26. The first-order valence-electron chi connectivity index (χ1n) is 5.52. The fraction of sp³-hybridized carbons (Fsp3) is 0.385. The number of nitriles is 1. The quantitative estimate of drug-likeness (QED) is 0.785. The highest BCUT2D eigenvalue weighted by atomic mass is 16.5. The van der Waals surface area contributed by atoms with Gasteiger partial charge in [0, 0.05) is 0 Å². The maximum atomic E-state index is 11.2. The zero-order valence-electron chi connectivity index (χ0n) is 10.1. The Balaban J connectivity index is 2.58. The molecule has 0 spiro atoms. The summed E-state index contributed by atoms with van der Waals surface area (Å²) < 4.78 is 4.78. The number of hydrogen-bond acceptors (Lipinski definition) is 4. The van der Waals surface area contributed by atoms with Crippen LogP contribution in [0.4, 0.5) is 0 Å². The van der Waals surface area contributed by atoms with E-state index >= 15 is 0 Å². The summed E-state index contributed by atoms with van der Waals surface area (Å²) >= 11 is 0. The van der Waals surface area contributed by atoms with Gasteiger partial charge in [-0.05, 0) is 19.4 Å². The van der Waals surface area contributed by atoms with Crippen LogP contribution in [0.2, 0.25) is 0 Å². The van der Waals surface area contributed by atoms with Gasteiger partial charge in [-0.25, -0.2) is 0 Å². The van der Waals surface area contributed by atoms with E-state index in [9.17, 15) is 4.79 Å². The van der Waals surface area contributed by atoms with Gasteiger partial charge in [-0.2, -0.15) is 5.26 Å². The predicted octanol–water partition coefficient (Wildman–Crippen LogP) is 1.71. The number of rotatable bonds is 5. The molecule has 0 saturated carbocycles. The third-order valence-electron chi connectivity index (χ3n) is 2.30. The molecule has 0 aliphatic rings. The molecule has 4 heteroatoms. The van der Waals surface area contributed by atoms with Gasteiger partial charge >= 0.3 is 5.97 Å². The van der Waals surface area contributed by atoms with E-state index in [2.05, 4.69) is 11.4 Å². The molecule has 1 N–H and O–H groups in total. The minimum Gasteiger partial charge on any atom is -0.465 e. The lowest BCUT2D eigenvalue weighted by atomic mass is 10.1. The minimum atomic E-state index is -0.486. The molecule has 0 aromatic heterocycles. The third kappa shape index (κ3) is 4.25. The van der Waals surface area contributed by atoms with Gasteiger partial charge in [0.1, 0.15) is 6.04 Å². The van der Waals surface area contributed by atoms with Crippen LogP contribution in [0.25, 0.3) is 0 Å². The number of carbonyl (C=O) groups excluding carboxylic acids is 1. The topological polar surface area (TPSA) is 62.1 Å². The number of esters is 1. The van der Waals surface area contributed by atoms with Gasteiger partial charge in [-0.15, -0.1) is 0 Å². The largest absolute Gasteiger partial charge is 0.465 e. The highest BCUT2D eigenvalue weighted by Gasteiger charge is 2.11. The Morgan fingerprint density at radius 2 is 2.12 bits per heavy atom. The average Bonchev–Trinajstić information content (AvgIpc) is 2.32. The van der Waals surface area contributed by atoms with Crippen LogP contribution in [0.15, 0.2) is 24.3 Å². The monoisotopic (exact) mass is 232 g/mol.